The fourth-order valence-corrected chi connectivity index (χ4v) is 7.62. The second-order valence-electron chi connectivity index (χ2n) is 5.20. The summed E-state index contributed by atoms with van der Waals surface area (Å²) < 4.78 is 26.6. The zero-order valence-corrected chi connectivity index (χ0v) is 14.3. The number of hydrogen-bond acceptors (Lipinski definition) is 2. The topological polar surface area (TPSA) is 34.1 Å². The summed E-state index contributed by atoms with van der Waals surface area (Å²) in [5.41, 5.74) is 0.116. The Morgan fingerprint density at radius 3 is 1.48 bits per heavy atom. The summed E-state index contributed by atoms with van der Waals surface area (Å²) in [5.74, 6) is 0. The highest BCUT2D eigenvalue weighted by Crippen LogP contribution is 2.44. The fourth-order valence-electron chi connectivity index (χ4n) is 2.45. The van der Waals surface area contributed by atoms with E-state index in [-0.39, 0.29) is 5.49 Å². The van der Waals surface area contributed by atoms with E-state index in [2.05, 4.69) is 0 Å². The highest BCUT2D eigenvalue weighted by atomic mass is 32.2. The summed E-state index contributed by atoms with van der Waals surface area (Å²) in [7, 11) is -4.26. The van der Waals surface area contributed by atoms with Crippen molar-refractivity contribution in [2.75, 3.05) is 5.49 Å². The Morgan fingerprint density at radius 2 is 1.04 bits per heavy atom. The summed E-state index contributed by atoms with van der Waals surface area (Å²) in [5, 5.41) is 1.49. The van der Waals surface area contributed by atoms with E-state index >= 15 is 0 Å². The quantitative estimate of drug-likeness (QED) is 0.663. The maximum atomic E-state index is 13.8. The zero-order valence-electron chi connectivity index (χ0n) is 12.5. The van der Waals surface area contributed by atoms with Gasteiger partial charge in [0, 0.05) is 15.5 Å². The predicted octanol–water partition coefficient (Wildman–Crippen LogP) is 3.77. The molecule has 0 fully saturated rings. The molecule has 2 nitrogen and oxygen atoms in total. The fraction of sp³-hybridized carbons (Fsp3) is 0.0526. The molecular formula is C19H17O2PS. The van der Waals surface area contributed by atoms with Crippen molar-refractivity contribution in [3.8, 4) is 0 Å². The van der Waals surface area contributed by atoms with Crippen molar-refractivity contribution in [2.24, 2.45) is 0 Å². The van der Waals surface area contributed by atoms with Gasteiger partial charge in [0.2, 0.25) is 0 Å². The van der Waals surface area contributed by atoms with Crippen molar-refractivity contribution in [3.05, 3.63) is 91.0 Å². The monoisotopic (exact) mass is 340 g/mol. The lowest BCUT2D eigenvalue weighted by molar-refractivity contribution is 0.589. The lowest BCUT2D eigenvalue weighted by Gasteiger charge is -2.19. The molecule has 3 aromatic rings. The minimum atomic E-state index is -2.95. The van der Waals surface area contributed by atoms with Crippen LogP contribution in [0.25, 0.3) is 0 Å². The smallest absolute Gasteiger partial charge is 0.155 e. The van der Waals surface area contributed by atoms with E-state index in [0.29, 0.717) is 4.90 Å². The summed E-state index contributed by atoms with van der Waals surface area (Å²) >= 11 is 0. The van der Waals surface area contributed by atoms with Gasteiger partial charge in [0.25, 0.3) is 0 Å². The number of benzene rings is 3. The summed E-state index contributed by atoms with van der Waals surface area (Å²) in [6, 6.07) is 27.9. The minimum absolute atomic E-state index is 0.116. The molecule has 0 saturated carbocycles. The van der Waals surface area contributed by atoms with Gasteiger partial charge in [-0.1, -0.05) is 78.9 Å². The van der Waals surface area contributed by atoms with Crippen molar-refractivity contribution in [3.63, 3.8) is 0 Å². The molecule has 0 amide bonds. The third-order valence-corrected chi connectivity index (χ3v) is 9.11. The largest absolute Gasteiger partial charge is 0.313 e. The molecule has 0 aromatic heterocycles. The molecule has 1 unspecified atom stereocenters. The van der Waals surface area contributed by atoms with Crippen LogP contribution in [0.2, 0.25) is 0 Å². The van der Waals surface area contributed by atoms with Gasteiger partial charge in [-0.25, -0.2) is 0 Å². The lowest BCUT2D eigenvalue weighted by Crippen LogP contribution is -2.20. The van der Waals surface area contributed by atoms with Gasteiger partial charge >= 0.3 is 0 Å². The molecule has 116 valence electrons. The van der Waals surface area contributed by atoms with Crippen molar-refractivity contribution in [1.29, 1.82) is 0 Å². The van der Waals surface area contributed by atoms with Gasteiger partial charge in [-0.05, 0) is 12.1 Å². The Morgan fingerprint density at radius 1 is 0.652 bits per heavy atom. The Labute approximate surface area is 139 Å². The van der Waals surface area contributed by atoms with Crippen LogP contribution in [-0.2, 0) is 15.4 Å². The van der Waals surface area contributed by atoms with E-state index in [1.807, 2.05) is 91.0 Å². The lowest BCUT2D eigenvalue weighted by atomic mass is 10.4. The molecule has 0 bridgehead atoms. The van der Waals surface area contributed by atoms with Gasteiger partial charge in [-0.2, -0.15) is 0 Å². The van der Waals surface area contributed by atoms with Gasteiger partial charge in [0.1, 0.15) is 0 Å². The highest BCUT2D eigenvalue weighted by molar-refractivity contribution is 7.98. The van der Waals surface area contributed by atoms with Crippen LogP contribution in [0.5, 0.6) is 0 Å². The van der Waals surface area contributed by atoms with Crippen LogP contribution in [-0.4, -0.2) is 9.70 Å². The molecule has 0 saturated heterocycles. The third-order valence-electron chi connectivity index (χ3n) is 3.65. The van der Waals surface area contributed by atoms with E-state index in [1.165, 1.54) is 0 Å². The molecular weight excluding hydrogens is 323 g/mol. The molecule has 4 heteroatoms. The SMILES string of the molecule is O=S(CP(=O)(c1ccccc1)c1ccccc1)c1ccccc1. The molecule has 1 atom stereocenters. The predicted molar refractivity (Wildman–Crippen MR) is 97.5 cm³/mol. The zero-order chi connectivity index (χ0) is 16.1. The molecule has 0 aliphatic carbocycles. The van der Waals surface area contributed by atoms with Crippen LogP contribution in [0.15, 0.2) is 95.9 Å². The molecule has 3 aromatic carbocycles. The van der Waals surface area contributed by atoms with Crippen LogP contribution in [0.3, 0.4) is 0 Å². The van der Waals surface area contributed by atoms with Crippen LogP contribution in [0, 0.1) is 0 Å². The molecule has 0 heterocycles. The highest BCUT2D eigenvalue weighted by Gasteiger charge is 2.29. The molecule has 0 aliphatic rings. The molecule has 0 spiro atoms. The second-order valence-corrected chi connectivity index (χ2v) is 9.91. The standard InChI is InChI=1S/C19H17O2PS/c20-22(17-10-4-1-5-11-17,18-12-6-2-7-13-18)16-23(21)19-14-8-3-9-15-19/h1-15H,16H2. The van der Waals surface area contributed by atoms with Gasteiger partial charge < -0.3 is 4.57 Å². The summed E-state index contributed by atoms with van der Waals surface area (Å²) in [6.45, 7) is 0. The van der Waals surface area contributed by atoms with Crippen LogP contribution in [0.1, 0.15) is 0 Å². The molecule has 0 N–H and O–H groups in total. The van der Waals surface area contributed by atoms with Crippen molar-refractivity contribution in [2.45, 2.75) is 4.90 Å². The van der Waals surface area contributed by atoms with Crippen molar-refractivity contribution >= 4 is 28.6 Å². The van der Waals surface area contributed by atoms with Gasteiger partial charge in [-0.3, -0.25) is 4.21 Å². The maximum absolute atomic E-state index is 13.8. The van der Waals surface area contributed by atoms with E-state index < -0.39 is 17.9 Å². The second kappa shape index (κ2) is 7.08. The van der Waals surface area contributed by atoms with Crippen molar-refractivity contribution < 1.29 is 8.77 Å². The van der Waals surface area contributed by atoms with Crippen LogP contribution < -0.4 is 10.6 Å². The van der Waals surface area contributed by atoms with E-state index in [1.54, 1.807) is 0 Å². The van der Waals surface area contributed by atoms with E-state index in [0.717, 1.165) is 10.6 Å². The average molecular weight is 340 g/mol. The summed E-state index contributed by atoms with van der Waals surface area (Å²) in [4.78, 5) is 0.708. The Hall–Kier alpha value is -1.96. The Bertz CT molecular complexity index is 790. The third kappa shape index (κ3) is 3.52. The average Bonchev–Trinajstić information content (AvgIpc) is 2.64. The first-order valence-corrected chi connectivity index (χ1v) is 10.5. The van der Waals surface area contributed by atoms with E-state index in [4.69, 9.17) is 0 Å². The van der Waals surface area contributed by atoms with Crippen LogP contribution >= 0.6 is 7.14 Å². The van der Waals surface area contributed by atoms with Gasteiger partial charge in [0.15, 0.2) is 7.14 Å². The first-order valence-electron chi connectivity index (χ1n) is 7.34. The molecule has 0 radical (unpaired) electrons. The first kappa shape index (κ1) is 15.9. The molecule has 3 rings (SSSR count). The number of rotatable bonds is 5. The maximum Gasteiger partial charge on any atom is 0.155 e. The normalized spacial score (nSPS) is 12.7. The molecule has 23 heavy (non-hydrogen) atoms. The minimum Gasteiger partial charge on any atom is -0.313 e. The summed E-state index contributed by atoms with van der Waals surface area (Å²) in [6.07, 6.45) is 0. The Balaban J connectivity index is 2.04. The Kier molecular flexibility index (Phi) is 4.90. The molecule has 0 aliphatic heterocycles. The number of hydrogen-bond donors (Lipinski definition) is 0. The van der Waals surface area contributed by atoms with Crippen molar-refractivity contribution in [1.82, 2.24) is 0 Å². The van der Waals surface area contributed by atoms with E-state index in [9.17, 15) is 8.77 Å². The van der Waals surface area contributed by atoms with Gasteiger partial charge in [-0.15, -0.1) is 0 Å². The van der Waals surface area contributed by atoms with Crippen LogP contribution in [0.4, 0.5) is 0 Å². The first-order chi connectivity index (χ1) is 11.2. The van der Waals surface area contributed by atoms with Gasteiger partial charge in [0.05, 0.1) is 16.3 Å².